The Bertz CT molecular complexity index is 904. The highest BCUT2D eigenvalue weighted by molar-refractivity contribution is 5.71. The lowest BCUT2D eigenvalue weighted by atomic mass is 9.99. The molecule has 0 bridgehead atoms. The molecular weight excluding hydrogens is 733 g/mol. The van der Waals surface area contributed by atoms with E-state index in [0.29, 0.717) is 19.3 Å². The van der Waals surface area contributed by atoms with Crippen molar-refractivity contribution in [1.82, 2.24) is 0 Å². The van der Waals surface area contributed by atoms with Gasteiger partial charge in [0.25, 0.3) is 0 Å². The van der Waals surface area contributed by atoms with Gasteiger partial charge in [0.05, 0.1) is 0 Å². The number of carbonyl (C=O) groups excluding carboxylic acids is 3. The van der Waals surface area contributed by atoms with Crippen LogP contribution in [0.15, 0.2) is 0 Å². The first-order chi connectivity index (χ1) is 28.8. The molecule has 0 heterocycles. The van der Waals surface area contributed by atoms with E-state index in [-0.39, 0.29) is 31.1 Å². The van der Waals surface area contributed by atoms with Gasteiger partial charge in [-0.25, -0.2) is 0 Å². The maximum atomic E-state index is 12.8. The maximum Gasteiger partial charge on any atom is 0.306 e. The highest BCUT2D eigenvalue weighted by Gasteiger charge is 2.19. The molecule has 350 valence electrons. The zero-order chi connectivity index (χ0) is 43.3. The van der Waals surface area contributed by atoms with Gasteiger partial charge < -0.3 is 14.2 Å². The molecule has 0 rings (SSSR count). The molecule has 3 atom stereocenters. The van der Waals surface area contributed by atoms with Gasteiger partial charge >= 0.3 is 17.9 Å². The van der Waals surface area contributed by atoms with Crippen molar-refractivity contribution in [3.63, 3.8) is 0 Å². The third-order valence-electron chi connectivity index (χ3n) is 12.7. The van der Waals surface area contributed by atoms with Crippen LogP contribution in [0.5, 0.6) is 0 Å². The zero-order valence-electron chi connectivity index (χ0n) is 40.4. The van der Waals surface area contributed by atoms with Crippen LogP contribution in [0.4, 0.5) is 0 Å². The lowest BCUT2D eigenvalue weighted by Crippen LogP contribution is -2.30. The minimum atomic E-state index is -0.761. The van der Waals surface area contributed by atoms with E-state index >= 15 is 0 Å². The summed E-state index contributed by atoms with van der Waals surface area (Å²) < 4.78 is 16.8. The van der Waals surface area contributed by atoms with Crippen LogP contribution in [0.25, 0.3) is 0 Å². The van der Waals surface area contributed by atoms with Gasteiger partial charge in [0.2, 0.25) is 0 Å². The van der Waals surface area contributed by atoms with Crippen LogP contribution in [0.2, 0.25) is 0 Å². The molecule has 0 saturated carbocycles. The Hall–Kier alpha value is -1.59. The average molecular weight is 835 g/mol. The molecule has 0 aliphatic rings. The number of carbonyl (C=O) groups is 3. The van der Waals surface area contributed by atoms with Crippen molar-refractivity contribution in [2.75, 3.05) is 13.2 Å². The molecule has 0 aliphatic heterocycles. The Labute approximate surface area is 368 Å². The molecule has 0 spiro atoms. The second-order valence-corrected chi connectivity index (χ2v) is 18.6. The van der Waals surface area contributed by atoms with Gasteiger partial charge in [-0.2, -0.15) is 0 Å². The molecular formula is C53H102O6. The summed E-state index contributed by atoms with van der Waals surface area (Å²) in [6, 6.07) is 0. The summed E-state index contributed by atoms with van der Waals surface area (Å²) in [7, 11) is 0. The molecule has 0 aliphatic carbocycles. The van der Waals surface area contributed by atoms with E-state index in [1.54, 1.807) is 0 Å². The number of ether oxygens (including phenoxy) is 3. The Morgan fingerprint density at radius 1 is 0.339 bits per heavy atom. The summed E-state index contributed by atoms with van der Waals surface area (Å²) >= 11 is 0. The molecule has 6 nitrogen and oxygen atoms in total. The van der Waals surface area contributed by atoms with Crippen LogP contribution >= 0.6 is 0 Å². The fraction of sp³-hybridized carbons (Fsp3) is 0.943. The van der Waals surface area contributed by atoms with Crippen molar-refractivity contribution in [3.8, 4) is 0 Å². The van der Waals surface area contributed by atoms with Crippen molar-refractivity contribution < 1.29 is 28.6 Å². The van der Waals surface area contributed by atoms with Gasteiger partial charge in [0.1, 0.15) is 13.2 Å². The smallest absolute Gasteiger partial charge is 0.306 e. The van der Waals surface area contributed by atoms with Crippen molar-refractivity contribution >= 4 is 17.9 Å². The average Bonchev–Trinajstić information content (AvgIpc) is 3.23. The lowest BCUT2D eigenvalue weighted by molar-refractivity contribution is -0.167. The third kappa shape index (κ3) is 44.3. The minimum Gasteiger partial charge on any atom is -0.462 e. The fourth-order valence-electron chi connectivity index (χ4n) is 7.93. The van der Waals surface area contributed by atoms with Crippen LogP contribution < -0.4 is 0 Å². The SMILES string of the molecule is CCCCCCCCCCCC(=O)OC[C@@H](COC(=O)CCCCCCCCCCCCC(C)CC)OC(=O)CCCCCCCCCCCCCCCCC(C)CC. The number of hydrogen-bond acceptors (Lipinski definition) is 6. The first-order valence-electron chi connectivity index (χ1n) is 26.3. The van der Waals surface area contributed by atoms with Crippen molar-refractivity contribution in [2.24, 2.45) is 11.8 Å². The molecule has 0 saturated heterocycles. The number of esters is 3. The molecule has 59 heavy (non-hydrogen) atoms. The Morgan fingerprint density at radius 2 is 0.593 bits per heavy atom. The summed E-state index contributed by atoms with van der Waals surface area (Å²) in [6.07, 6.45) is 46.5. The summed E-state index contributed by atoms with van der Waals surface area (Å²) in [5.74, 6) is 0.914. The van der Waals surface area contributed by atoms with Gasteiger partial charge in [-0.1, -0.05) is 253 Å². The van der Waals surface area contributed by atoms with E-state index in [0.717, 1.165) is 69.6 Å². The van der Waals surface area contributed by atoms with Gasteiger partial charge in [0.15, 0.2) is 6.10 Å². The van der Waals surface area contributed by atoms with Crippen molar-refractivity contribution in [3.05, 3.63) is 0 Å². The predicted octanol–water partition coefficient (Wildman–Crippen LogP) is 16.9. The van der Waals surface area contributed by atoms with Gasteiger partial charge in [0, 0.05) is 19.3 Å². The molecule has 2 unspecified atom stereocenters. The highest BCUT2D eigenvalue weighted by atomic mass is 16.6. The Balaban J connectivity index is 4.27. The molecule has 0 amide bonds. The molecule has 0 aromatic heterocycles. The van der Waals surface area contributed by atoms with Crippen LogP contribution in [0.1, 0.15) is 291 Å². The number of hydrogen-bond donors (Lipinski definition) is 0. The van der Waals surface area contributed by atoms with Crippen molar-refractivity contribution in [1.29, 1.82) is 0 Å². The van der Waals surface area contributed by atoms with E-state index in [9.17, 15) is 14.4 Å². The summed E-state index contributed by atoms with van der Waals surface area (Å²) in [5, 5.41) is 0. The van der Waals surface area contributed by atoms with Crippen molar-refractivity contribution in [2.45, 2.75) is 298 Å². The standard InChI is InChI=1S/C53H102O6/c1-6-9-10-11-12-21-28-33-38-43-51(54)57-46-50(47-58-52(55)44-39-34-29-24-20-19-23-27-32-37-42-49(5)8-3)59-53(56)45-40-35-30-25-18-16-14-13-15-17-22-26-31-36-41-48(4)7-2/h48-50H,6-47H2,1-5H3/t48?,49?,50-/m0/s1. The zero-order valence-corrected chi connectivity index (χ0v) is 40.4. The predicted molar refractivity (Wildman–Crippen MR) is 252 cm³/mol. The summed E-state index contributed by atoms with van der Waals surface area (Å²) in [6.45, 7) is 11.4. The van der Waals surface area contributed by atoms with Crippen LogP contribution in [-0.2, 0) is 28.6 Å². The van der Waals surface area contributed by atoms with E-state index in [2.05, 4.69) is 34.6 Å². The molecule has 0 N–H and O–H groups in total. The number of rotatable bonds is 47. The number of unbranched alkanes of at least 4 members (excludes halogenated alkanes) is 30. The minimum absolute atomic E-state index is 0.0639. The topological polar surface area (TPSA) is 78.9 Å². The van der Waals surface area contributed by atoms with Gasteiger partial charge in [-0.05, 0) is 31.1 Å². The highest BCUT2D eigenvalue weighted by Crippen LogP contribution is 2.18. The summed E-state index contributed by atoms with van der Waals surface area (Å²) in [5.41, 5.74) is 0. The molecule has 0 aromatic carbocycles. The normalized spacial score (nSPS) is 13.0. The maximum absolute atomic E-state index is 12.8. The third-order valence-corrected chi connectivity index (χ3v) is 12.7. The second-order valence-electron chi connectivity index (χ2n) is 18.6. The van der Waals surface area contributed by atoms with Crippen LogP contribution in [0, 0.1) is 11.8 Å². The Kier molecular flexibility index (Phi) is 44.7. The molecule has 0 fully saturated rings. The van der Waals surface area contributed by atoms with E-state index in [4.69, 9.17) is 14.2 Å². The van der Waals surface area contributed by atoms with Gasteiger partial charge in [-0.3, -0.25) is 14.4 Å². The molecule has 0 radical (unpaired) electrons. The van der Waals surface area contributed by atoms with Crippen LogP contribution in [-0.4, -0.2) is 37.2 Å². The fourth-order valence-corrected chi connectivity index (χ4v) is 7.93. The van der Waals surface area contributed by atoms with Gasteiger partial charge in [-0.15, -0.1) is 0 Å². The first-order valence-corrected chi connectivity index (χ1v) is 26.3. The van der Waals surface area contributed by atoms with E-state index in [1.165, 1.54) is 180 Å². The molecule has 0 aromatic rings. The Morgan fingerprint density at radius 3 is 0.881 bits per heavy atom. The summed E-state index contributed by atoms with van der Waals surface area (Å²) in [4.78, 5) is 37.9. The second kappa shape index (κ2) is 45.9. The monoisotopic (exact) mass is 835 g/mol. The van der Waals surface area contributed by atoms with E-state index in [1.807, 2.05) is 0 Å². The van der Waals surface area contributed by atoms with E-state index < -0.39 is 6.10 Å². The lowest BCUT2D eigenvalue weighted by Gasteiger charge is -2.18. The van der Waals surface area contributed by atoms with Crippen LogP contribution in [0.3, 0.4) is 0 Å². The molecule has 6 heteroatoms. The largest absolute Gasteiger partial charge is 0.462 e. The first kappa shape index (κ1) is 57.4. The quantitative estimate of drug-likeness (QED) is 0.0345.